The standard InChI is InChI=1S/C14H20N4O2/c1-13(2,3)20-12(19)18-9-14(10-18)7-17(8-14)11-15-5-4-6-16-11/h4-6H,7-10H2,1-3H3. The first-order valence-corrected chi connectivity index (χ1v) is 6.87. The van der Waals surface area contributed by atoms with Crippen LogP contribution in [0.3, 0.4) is 0 Å². The average Bonchev–Trinajstić information content (AvgIpc) is 2.24. The Balaban J connectivity index is 1.49. The van der Waals surface area contributed by atoms with E-state index in [0.29, 0.717) is 0 Å². The molecule has 3 rings (SSSR count). The third-order valence-corrected chi connectivity index (χ3v) is 3.59. The molecule has 20 heavy (non-hydrogen) atoms. The molecule has 0 radical (unpaired) electrons. The number of hydrogen-bond donors (Lipinski definition) is 0. The molecular formula is C14H20N4O2. The molecule has 0 atom stereocenters. The summed E-state index contributed by atoms with van der Waals surface area (Å²) in [5, 5.41) is 0. The predicted molar refractivity (Wildman–Crippen MR) is 74.5 cm³/mol. The largest absolute Gasteiger partial charge is 0.444 e. The van der Waals surface area contributed by atoms with Crippen molar-refractivity contribution in [3.05, 3.63) is 18.5 Å². The number of amides is 1. The summed E-state index contributed by atoms with van der Waals surface area (Å²) in [5.41, 5.74) is -0.209. The summed E-state index contributed by atoms with van der Waals surface area (Å²) in [5.74, 6) is 0.772. The zero-order valence-corrected chi connectivity index (χ0v) is 12.2. The number of hydrogen-bond acceptors (Lipinski definition) is 5. The summed E-state index contributed by atoms with van der Waals surface area (Å²) in [6, 6.07) is 1.81. The molecule has 2 aliphatic heterocycles. The highest BCUT2D eigenvalue weighted by Crippen LogP contribution is 2.41. The third-order valence-electron chi connectivity index (χ3n) is 3.59. The number of aromatic nitrogens is 2. The summed E-state index contributed by atoms with van der Waals surface area (Å²) < 4.78 is 5.36. The maximum Gasteiger partial charge on any atom is 0.410 e. The Hall–Kier alpha value is -1.85. The summed E-state index contributed by atoms with van der Waals surface area (Å²) >= 11 is 0. The van der Waals surface area contributed by atoms with E-state index < -0.39 is 5.60 Å². The van der Waals surface area contributed by atoms with Crippen LogP contribution >= 0.6 is 0 Å². The normalized spacial score (nSPS) is 20.4. The van der Waals surface area contributed by atoms with Crippen molar-refractivity contribution in [1.82, 2.24) is 14.9 Å². The zero-order chi connectivity index (χ0) is 14.4. The van der Waals surface area contributed by atoms with E-state index in [1.54, 1.807) is 17.3 Å². The van der Waals surface area contributed by atoms with Gasteiger partial charge in [-0.1, -0.05) is 0 Å². The maximum absolute atomic E-state index is 11.9. The van der Waals surface area contributed by atoms with Gasteiger partial charge >= 0.3 is 6.09 Å². The molecule has 2 aliphatic rings. The van der Waals surface area contributed by atoms with Crippen molar-refractivity contribution in [2.24, 2.45) is 5.41 Å². The number of nitrogens with zero attached hydrogens (tertiary/aromatic N) is 4. The lowest BCUT2D eigenvalue weighted by atomic mass is 9.73. The first-order valence-electron chi connectivity index (χ1n) is 6.87. The molecule has 1 aromatic rings. The van der Waals surface area contributed by atoms with Crippen molar-refractivity contribution in [3.63, 3.8) is 0 Å². The molecule has 0 N–H and O–H groups in total. The van der Waals surface area contributed by atoms with Crippen LogP contribution in [-0.2, 0) is 4.74 Å². The van der Waals surface area contributed by atoms with Gasteiger partial charge in [0.05, 0.1) is 0 Å². The fraction of sp³-hybridized carbons (Fsp3) is 0.643. The van der Waals surface area contributed by atoms with Crippen molar-refractivity contribution in [3.8, 4) is 0 Å². The number of carbonyl (C=O) groups excluding carboxylic acids is 1. The monoisotopic (exact) mass is 276 g/mol. The molecule has 0 aliphatic carbocycles. The van der Waals surface area contributed by atoms with Gasteiger partial charge in [0.25, 0.3) is 0 Å². The van der Waals surface area contributed by atoms with Crippen LogP contribution in [0.1, 0.15) is 20.8 Å². The van der Waals surface area contributed by atoms with Crippen LogP contribution in [0.4, 0.5) is 10.7 Å². The molecule has 1 aromatic heterocycles. The average molecular weight is 276 g/mol. The number of rotatable bonds is 1. The highest BCUT2D eigenvalue weighted by molar-refractivity contribution is 5.70. The molecule has 0 unspecified atom stereocenters. The van der Waals surface area contributed by atoms with Crippen LogP contribution in [-0.4, -0.2) is 52.7 Å². The van der Waals surface area contributed by atoms with Crippen LogP contribution in [0.15, 0.2) is 18.5 Å². The molecule has 2 fully saturated rings. The van der Waals surface area contributed by atoms with Crippen molar-refractivity contribution in [2.75, 3.05) is 31.1 Å². The zero-order valence-electron chi connectivity index (χ0n) is 12.2. The van der Waals surface area contributed by atoms with Gasteiger partial charge in [0.2, 0.25) is 5.95 Å². The Kier molecular flexibility index (Phi) is 2.84. The van der Waals surface area contributed by atoms with Gasteiger partial charge in [0.15, 0.2) is 0 Å². The lowest BCUT2D eigenvalue weighted by molar-refractivity contribution is -0.0456. The molecule has 1 spiro atoms. The van der Waals surface area contributed by atoms with Crippen LogP contribution in [0.2, 0.25) is 0 Å². The second-order valence-electron chi connectivity index (χ2n) is 6.74. The van der Waals surface area contributed by atoms with Crippen molar-refractivity contribution in [1.29, 1.82) is 0 Å². The van der Waals surface area contributed by atoms with Gasteiger partial charge in [-0.05, 0) is 26.8 Å². The molecule has 108 valence electrons. The topological polar surface area (TPSA) is 58.6 Å². The fourth-order valence-electron chi connectivity index (χ4n) is 2.78. The van der Waals surface area contributed by atoms with Gasteiger partial charge < -0.3 is 14.5 Å². The number of likely N-dealkylation sites (tertiary alicyclic amines) is 1. The van der Waals surface area contributed by atoms with Gasteiger partial charge in [-0.2, -0.15) is 0 Å². The van der Waals surface area contributed by atoms with E-state index in [0.717, 1.165) is 32.1 Å². The van der Waals surface area contributed by atoms with Crippen LogP contribution in [0.5, 0.6) is 0 Å². The summed E-state index contributed by atoms with van der Waals surface area (Å²) in [7, 11) is 0. The van der Waals surface area contributed by atoms with Gasteiger partial charge in [-0.15, -0.1) is 0 Å². The maximum atomic E-state index is 11.9. The quantitative estimate of drug-likeness (QED) is 0.778. The second kappa shape index (κ2) is 4.33. The van der Waals surface area contributed by atoms with Gasteiger partial charge in [0.1, 0.15) is 5.60 Å². The van der Waals surface area contributed by atoms with Crippen LogP contribution in [0, 0.1) is 5.41 Å². The Morgan fingerprint density at radius 3 is 2.35 bits per heavy atom. The molecule has 1 amide bonds. The van der Waals surface area contributed by atoms with Crippen molar-refractivity contribution >= 4 is 12.0 Å². The summed E-state index contributed by atoms with van der Waals surface area (Å²) in [6.45, 7) is 9.03. The van der Waals surface area contributed by atoms with E-state index in [4.69, 9.17) is 4.74 Å². The molecule has 2 saturated heterocycles. The summed E-state index contributed by atoms with van der Waals surface area (Å²) in [6.07, 6.45) is 3.29. The number of ether oxygens (including phenoxy) is 1. The third kappa shape index (κ3) is 2.42. The fourth-order valence-corrected chi connectivity index (χ4v) is 2.78. The molecule has 6 heteroatoms. The first-order chi connectivity index (χ1) is 9.37. The van der Waals surface area contributed by atoms with Crippen LogP contribution in [0.25, 0.3) is 0 Å². The smallest absolute Gasteiger partial charge is 0.410 e. The minimum Gasteiger partial charge on any atom is -0.444 e. The number of carbonyl (C=O) groups is 1. The highest BCUT2D eigenvalue weighted by atomic mass is 16.6. The Labute approximate surface area is 118 Å². The van der Waals surface area contributed by atoms with Gasteiger partial charge in [0, 0.05) is 44.0 Å². The lowest BCUT2D eigenvalue weighted by Crippen LogP contribution is -2.73. The van der Waals surface area contributed by atoms with Crippen molar-refractivity contribution in [2.45, 2.75) is 26.4 Å². The second-order valence-corrected chi connectivity index (χ2v) is 6.74. The molecule has 0 saturated carbocycles. The SMILES string of the molecule is CC(C)(C)OC(=O)N1CC2(C1)CN(c1ncccn1)C2. The van der Waals surface area contributed by atoms with E-state index >= 15 is 0 Å². The Morgan fingerprint density at radius 2 is 1.80 bits per heavy atom. The van der Waals surface area contributed by atoms with Gasteiger partial charge in [-0.25, -0.2) is 14.8 Å². The highest BCUT2D eigenvalue weighted by Gasteiger charge is 2.54. The number of anilines is 1. The summed E-state index contributed by atoms with van der Waals surface area (Å²) in [4.78, 5) is 24.3. The van der Waals surface area contributed by atoms with Gasteiger partial charge in [-0.3, -0.25) is 0 Å². The minimum atomic E-state index is -0.427. The molecule has 0 aromatic carbocycles. The minimum absolute atomic E-state index is 0.211. The first kappa shape index (κ1) is 13.1. The molecule has 0 bridgehead atoms. The molecular weight excluding hydrogens is 256 g/mol. The van der Waals surface area contributed by atoms with Crippen LogP contribution < -0.4 is 4.90 Å². The molecule has 6 nitrogen and oxygen atoms in total. The Bertz CT molecular complexity index is 498. The van der Waals surface area contributed by atoms with E-state index in [1.807, 2.05) is 26.8 Å². The molecule has 3 heterocycles. The van der Waals surface area contributed by atoms with E-state index in [9.17, 15) is 4.79 Å². The predicted octanol–water partition coefficient (Wildman–Crippen LogP) is 1.53. The van der Waals surface area contributed by atoms with Crippen molar-refractivity contribution < 1.29 is 9.53 Å². The Morgan fingerprint density at radius 1 is 1.20 bits per heavy atom. The van der Waals surface area contributed by atoms with E-state index in [2.05, 4.69) is 14.9 Å². The van der Waals surface area contributed by atoms with E-state index in [-0.39, 0.29) is 11.5 Å². The lowest BCUT2D eigenvalue weighted by Gasteiger charge is -2.59. The van der Waals surface area contributed by atoms with E-state index in [1.165, 1.54) is 0 Å².